The van der Waals surface area contributed by atoms with Crippen molar-refractivity contribution in [2.45, 2.75) is 44.8 Å². The summed E-state index contributed by atoms with van der Waals surface area (Å²) in [5.74, 6) is 0. The van der Waals surface area contributed by atoms with Gasteiger partial charge in [0, 0.05) is 0 Å². The maximum absolute atomic E-state index is 8.61. The second-order valence-electron chi connectivity index (χ2n) is 2.89. The molecular formula is C8H16O2. The monoisotopic (exact) mass is 144 g/mol. The summed E-state index contributed by atoms with van der Waals surface area (Å²) in [4.78, 5) is 0. The highest BCUT2D eigenvalue weighted by Crippen LogP contribution is 2.26. The van der Waals surface area contributed by atoms with Crippen molar-refractivity contribution in [2.24, 2.45) is 0 Å². The quantitative estimate of drug-likeness (QED) is 0.466. The number of hydrogen-bond acceptors (Lipinski definition) is 2. The van der Waals surface area contributed by atoms with E-state index in [2.05, 4.69) is 6.92 Å². The molecule has 60 valence electrons. The Balaban J connectivity index is 1.87. The molecule has 10 heavy (non-hydrogen) atoms. The van der Waals surface area contributed by atoms with Gasteiger partial charge in [-0.05, 0) is 6.42 Å². The highest BCUT2D eigenvalue weighted by molar-refractivity contribution is 4.83. The Morgan fingerprint density at radius 3 is 2.60 bits per heavy atom. The second-order valence-corrected chi connectivity index (χ2v) is 2.89. The lowest BCUT2D eigenvalue weighted by molar-refractivity contribution is 0.241. The van der Waals surface area contributed by atoms with Crippen LogP contribution in [0, 0.1) is 0 Å². The Morgan fingerprint density at radius 1 is 1.30 bits per heavy atom. The largest absolute Gasteiger partial charge is 0.394 e. The van der Waals surface area contributed by atoms with E-state index in [4.69, 9.17) is 9.84 Å². The average Bonchev–Trinajstić information content (AvgIpc) is 2.68. The van der Waals surface area contributed by atoms with Gasteiger partial charge in [-0.15, -0.1) is 0 Å². The zero-order chi connectivity index (χ0) is 7.40. The fraction of sp³-hybridized carbons (Fsp3) is 1.00. The fourth-order valence-electron chi connectivity index (χ4n) is 1.19. The predicted octanol–water partition coefficient (Wildman–Crippen LogP) is 1.33. The number of aliphatic hydroxyl groups excluding tert-OH is 1. The van der Waals surface area contributed by atoms with Gasteiger partial charge in [0.15, 0.2) is 0 Å². The van der Waals surface area contributed by atoms with Crippen molar-refractivity contribution < 1.29 is 9.84 Å². The number of unbranched alkanes of at least 4 members (excludes halogenated alkanes) is 2. The van der Waals surface area contributed by atoms with Gasteiger partial charge < -0.3 is 9.84 Å². The number of rotatable bonds is 5. The minimum atomic E-state index is 0.178. The average molecular weight is 144 g/mol. The lowest BCUT2D eigenvalue weighted by Gasteiger charge is -1.92. The molecule has 1 fully saturated rings. The summed E-state index contributed by atoms with van der Waals surface area (Å²) in [6.07, 6.45) is 5.50. The number of aliphatic hydroxyl groups is 1. The predicted molar refractivity (Wildman–Crippen MR) is 39.9 cm³/mol. The Hall–Kier alpha value is -0.0800. The van der Waals surface area contributed by atoms with Crippen LogP contribution in [0.3, 0.4) is 0 Å². The third kappa shape index (κ3) is 2.27. The Bertz CT molecular complexity index is 93.3. The minimum absolute atomic E-state index is 0.178. The lowest BCUT2D eigenvalue weighted by Crippen LogP contribution is -1.98. The molecule has 0 saturated carbocycles. The van der Waals surface area contributed by atoms with Crippen LogP contribution in [0.5, 0.6) is 0 Å². The molecule has 1 aliphatic rings. The van der Waals surface area contributed by atoms with Crippen molar-refractivity contribution in [3.63, 3.8) is 0 Å². The first-order valence-corrected chi connectivity index (χ1v) is 4.14. The van der Waals surface area contributed by atoms with E-state index in [-0.39, 0.29) is 12.7 Å². The van der Waals surface area contributed by atoms with Gasteiger partial charge in [-0.2, -0.15) is 0 Å². The molecule has 0 spiro atoms. The van der Waals surface area contributed by atoms with Gasteiger partial charge in [0.2, 0.25) is 0 Å². The molecule has 0 aromatic rings. The topological polar surface area (TPSA) is 32.8 Å². The molecular weight excluding hydrogens is 128 g/mol. The van der Waals surface area contributed by atoms with Gasteiger partial charge >= 0.3 is 0 Å². The van der Waals surface area contributed by atoms with Crippen molar-refractivity contribution in [1.82, 2.24) is 0 Å². The molecule has 1 heterocycles. The van der Waals surface area contributed by atoms with Crippen LogP contribution in [0.4, 0.5) is 0 Å². The standard InChI is InChI=1S/C8H16O2/c1-2-3-4-5-7-8(6-9)10-7/h7-9H,2-6H2,1H3/t7-,8-/m1/s1. The molecule has 1 N–H and O–H groups in total. The first-order valence-electron chi connectivity index (χ1n) is 4.14. The van der Waals surface area contributed by atoms with E-state index < -0.39 is 0 Å². The van der Waals surface area contributed by atoms with Crippen LogP contribution < -0.4 is 0 Å². The van der Waals surface area contributed by atoms with E-state index in [1.807, 2.05) is 0 Å². The molecule has 2 atom stereocenters. The smallest absolute Gasteiger partial charge is 0.107 e. The van der Waals surface area contributed by atoms with Crippen molar-refractivity contribution in [2.75, 3.05) is 6.61 Å². The zero-order valence-corrected chi connectivity index (χ0v) is 6.55. The first kappa shape index (κ1) is 8.02. The van der Waals surface area contributed by atoms with E-state index in [1.54, 1.807) is 0 Å². The molecule has 1 rings (SSSR count). The number of ether oxygens (including phenoxy) is 1. The summed E-state index contributed by atoms with van der Waals surface area (Å²) in [6.45, 7) is 2.40. The summed E-state index contributed by atoms with van der Waals surface area (Å²) in [7, 11) is 0. The zero-order valence-electron chi connectivity index (χ0n) is 6.55. The van der Waals surface area contributed by atoms with Crippen LogP contribution in [0.2, 0.25) is 0 Å². The SMILES string of the molecule is CCCCC[C@H]1O[C@@H]1CO. The van der Waals surface area contributed by atoms with Gasteiger partial charge in [0.25, 0.3) is 0 Å². The van der Waals surface area contributed by atoms with Gasteiger partial charge in [0.1, 0.15) is 6.10 Å². The maximum Gasteiger partial charge on any atom is 0.107 e. The summed E-state index contributed by atoms with van der Waals surface area (Å²) < 4.78 is 5.16. The highest BCUT2D eigenvalue weighted by Gasteiger charge is 2.36. The molecule has 0 aromatic heterocycles. The van der Waals surface area contributed by atoms with Gasteiger partial charge in [-0.3, -0.25) is 0 Å². The summed E-state index contributed by atoms with van der Waals surface area (Å²) >= 11 is 0. The Labute approximate surface area is 62.2 Å². The minimum Gasteiger partial charge on any atom is -0.394 e. The molecule has 0 radical (unpaired) electrons. The van der Waals surface area contributed by atoms with Crippen molar-refractivity contribution in [3.05, 3.63) is 0 Å². The summed E-state index contributed by atoms with van der Waals surface area (Å²) in [6, 6.07) is 0. The third-order valence-corrected chi connectivity index (χ3v) is 1.96. The number of hydrogen-bond donors (Lipinski definition) is 1. The Kier molecular flexibility index (Phi) is 3.16. The second kappa shape index (κ2) is 3.94. The molecule has 1 aliphatic heterocycles. The fourth-order valence-corrected chi connectivity index (χ4v) is 1.19. The molecule has 1 saturated heterocycles. The van der Waals surface area contributed by atoms with E-state index in [0.717, 1.165) is 6.42 Å². The van der Waals surface area contributed by atoms with Crippen LogP contribution in [0.1, 0.15) is 32.6 Å². The molecule has 0 amide bonds. The van der Waals surface area contributed by atoms with Crippen LogP contribution in [-0.2, 0) is 4.74 Å². The maximum atomic E-state index is 8.61. The van der Waals surface area contributed by atoms with Gasteiger partial charge in [-0.25, -0.2) is 0 Å². The van der Waals surface area contributed by atoms with Crippen LogP contribution in [0.15, 0.2) is 0 Å². The Morgan fingerprint density at radius 2 is 2.10 bits per heavy atom. The van der Waals surface area contributed by atoms with Crippen molar-refractivity contribution in [1.29, 1.82) is 0 Å². The van der Waals surface area contributed by atoms with E-state index >= 15 is 0 Å². The van der Waals surface area contributed by atoms with Crippen molar-refractivity contribution >= 4 is 0 Å². The molecule has 2 heteroatoms. The summed E-state index contributed by atoms with van der Waals surface area (Å²) in [5.41, 5.74) is 0. The van der Waals surface area contributed by atoms with E-state index in [0.29, 0.717) is 6.10 Å². The first-order chi connectivity index (χ1) is 4.88. The third-order valence-electron chi connectivity index (χ3n) is 1.96. The number of epoxide rings is 1. The van der Waals surface area contributed by atoms with E-state index in [1.165, 1.54) is 19.3 Å². The normalized spacial score (nSPS) is 30.6. The molecule has 0 aromatic carbocycles. The lowest BCUT2D eigenvalue weighted by atomic mass is 10.1. The van der Waals surface area contributed by atoms with Crippen LogP contribution >= 0.6 is 0 Å². The highest BCUT2D eigenvalue weighted by atomic mass is 16.6. The van der Waals surface area contributed by atoms with E-state index in [9.17, 15) is 0 Å². The molecule has 2 nitrogen and oxygen atoms in total. The molecule has 0 unspecified atom stereocenters. The van der Waals surface area contributed by atoms with Crippen LogP contribution in [0.25, 0.3) is 0 Å². The van der Waals surface area contributed by atoms with Gasteiger partial charge in [-0.1, -0.05) is 26.2 Å². The summed E-state index contributed by atoms with van der Waals surface area (Å²) in [5, 5.41) is 8.61. The van der Waals surface area contributed by atoms with Gasteiger partial charge in [0.05, 0.1) is 12.7 Å². The van der Waals surface area contributed by atoms with Crippen LogP contribution in [-0.4, -0.2) is 23.9 Å². The van der Waals surface area contributed by atoms with Crippen molar-refractivity contribution in [3.8, 4) is 0 Å². The molecule has 0 aliphatic carbocycles. The molecule has 0 bridgehead atoms.